The lowest BCUT2D eigenvalue weighted by Gasteiger charge is -2.07. The summed E-state index contributed by atoms with van der Waals surface area (Å²) in [6, 6.07) is 3.69. The van der Waals surface area contributed by atoms with Crippen LogP contribution in [0.25, 0.3) is 0 Å². The minimum atomic E-state index is -0.464. The lowest BCUT2D eigenvalue weighted by Crippen LogP contribution is -1.92. The summed E-state index contributed by atoms with van der Waals surface area (Å²) in [5.74, 6) is -0.181. The Morgan fingerprint density at radius 1 is 1.12 bits per heavy atom. The third-order valence-corrected chi connectivity index (χ3v) is 2.52. The molecule has 0 amide bonds. The van der Waals surface area contributed by atoms with Gasteiger partial charge < -0.3 is 4.74 Å². The van der Waals surface area contributed by atoms with E-state index >= 15 is 0 Å². The molecule has 1 aromatic heterocycles. The fourth-order valence-electron chi connectivity index (χ4n) is 1.06. The van der Waals surface area contributed by atoms with Crippen LogP contribution in [0.2, 0.25) is 15.3 Å². The molecule has 0 aliphatic rings. The van der Waals surface area contributed by atoms with Crippen molar-refractivity contribution in [3.05, 3.63) is 45.5 Å². The molecule has 0 aliphatic carbocycles. The first-order chi connectivity index (χ1) is 8.06. The van der Waals surface area contributed by atoms with E-state index in [0.717, 1.165) is 6.07 Å². The first-order valence-corrected chi connectivity index (χ1v) is 5.50. The van der Waals surface area contributed by atoms with E-state index in [4.69, 9.17) is 39.5 Å². The van der Waals surface area contributed by atoms with E-state index in [1.807, 2.05) is 0 Å². The van der Waals surface area contributed by atoms with Gasteiger partial charge in [0.05, 0.1) is 11.2 Å². The second-order valence-electron chi connectivity index (χ2n) is 2.97. The molecule has 0 saturated heterocycles. The molecule has 0 saturated carbocycles. The minimum absolute atomic E-state index is 0.0114. The number of nitrogens with zero attached hydrogens (tertiary/aromatic N) is 2. The molecule has 17 heavy (non-hydrogen) atoms. The van der Waals surface area contributed by atoms with Crippen LogP contribution >= 0.6 is 34.8 Å². The highest BCUT2D eigenvalue weighted by Gasteiger charge is 2.10. The van der Waals surface area contributed by atoms with Crippen molar-refractivity contribution in [2.45, 2.75) is 0 Å². The van der Waals surface area contributed by atoms with E-state index in [1.165, 1.54) is 18.3 Å². The molecule has 0 N–H and O–H groups in total. The zero-order valence-electron chi connectivity index (χ0n) is 8.12. The molecule has 0 fully saturated rings. The van der Waals surface area contributed by atoms with Crippen molar-refractivity contribution in [2.24, 2.45) is 0 Å². The van der Waals surface area contributed by atoms with Crippen LogP contribution in [-0.4, -0.2) is 9.97 Å². The van der Waals surface area contributed by atoms with Gasteiger partial charge in [-0.05, 0) is 29.8 Å². The summed E-state index contributed by atoms with van der Waals surface area (Å²) in [7, 11) is 0. The molecule has 2 rings (SSSR count). The normalized spacial score (nSPS) is 10.4. The molecule has 2 aromatic rings. The van der Waals surface area contributed by atoms with E-state index in [1.54, 1.807) is 0 Å². The maximum Gasteiger partial charge on any atom is 0.242 e. The largest absolute Gasteiger partial charge is 0.436 e. The smallest absolute Gasteiger partial charge is 0.242 e. The third kappa shape index (κ3) is 2.97. The van der Waals surface area contributed by atoms with Crippen molar-refractivity contribution in [3.63, 3.8) is 0 Å². The van der Waals surface area contributed by atoms with Gasteiger partial charge in [-0.15, -0.1) is 0 Å². The Bertz CT molecular complexity index is 565. The highest BCUT2D eigenvalue weighted by atomic mass is 35.5. The number of ether oxygens (including phenoxy) is 1. The predicted molar refractivity (Wildman–Crippen MR) is 63.5 cm³/mol. The average Bonchev–Trinajstić information content (AvgIpc) is 2.27. The Kier molecular flexibility index (Phi) is 3.66. The average molecular weight is 294 g/mol. The van der Waals surface area contributed by atoms with Gasteiger partial charge in [0.2, 0.25) is 11.2 Å². The van der Waals surface area contributed by atoms with Crippen molar-refractivity contribution in [1.29, 1.82) is 0 Å². The van der Waals surface area contributed by atoms with Crippen molar-refractivity contribution in [3.8, 4) is 11.6 Å². The van der Waals surface area contributed by atoms with Crippen molar-refractivity contribution < 1.29 is 9.13 Å². The Balaban J connectivity index is 2.34. The summed E-state index contributed by atoms with van der Waals surface area (Å²) in [5, 5.41) is 0.272. The Hall–Kier alpha value is -1.10. The van der Waals surface area contributed by atoms with Crippen LogP contribution in [0.1, 0.15) is 0 Å². The van der Waals surface area contributed by atoms with Gasteiger partial charge in [0.1, 0.15) is 16.6 Å². The van der Waals surface area contributed by atoms with Crippen LogP contribution in [0.15, 0.2) is 24.4 Å². The van der Waals surface area contributed by atoms with Gasteiger partial charge in [-0.3, -0.25) is 0 Å². The summed E-state index contributed by atoms with van der Waals surface area (Å²) in [6.45, 7) is 0. The van der Waals surface area contributed by atoms with Crippen LogP contribution in [0.3, 0.4) is 0 Å². The standard InChI is InChI=1S/C10H4Cl3FN2O/c11-6-3-5(14)1-2-8(6)17-9-7(12)4-15-10(13)16-9/h1-4H. The van der Waals surface area contributed by atoms with Crippen LogP contribution in [0, 0.1) is 5.82 Å². The van der Waals surface area contributed by atoms with Crippen molar-refractivity contribution in [1.82, 2.24) is 9.97 Å². The number of aromatic nitrogens is 2. The quantitative estimate of drug-likeness (QED) is 0.771. The lowest BCUT2D eigenvalue weighted by atomic mass is 10.3. The molecule has 3 nitrogen and oxygen atoms in total. The summed E-state index contributed by atoms with van der Waals surface area (Å²) in [5.41, 5.74) is 0. The number of hydrogen-bond donors (Lipinski definition) is 0. The molecule has 1 aromatic carbocycles. The molecular formula is C10H4Cl3FN2O. The third-order valence-electron chi connectivity index (χ3n) is 1.78. The summed E-state index contributed by atoms with van der Waals surface area (Å²) in [6.07, 6.45) is 1.30. The lowest BCUT2D eigenvalue weighted by molar-refractivity contribution is 0.460. The first-order valence-electron chi connectivity index (χ1n) is 4.37. The summed E-state index contributed by atoms with van der Waals surface area (Å²) < 4.78 is 18.1. The van der Waals surface area contributed by atoms with Crippen LogP contribution < -0.4 is 4.74 Å². The monoisotopic (exact) mass is 292 g/mol. The molecule has 0 radical (unpaired) electrons. The van der Waals surface area contributed by atoms with E-state index < -0.39 is 5.82 Å². The van der Waals surface area contributed by atoms with Gasteiger partial charge in [-0.25, -0.2) is 9.37 Å². The predicted octanol–water partition coefficient (Wildman–Crippen LogP) is 4.37. The highest BCUT2D eigenvalue weighted by molar-refractivity contribution is 6.33. The highest BCUT2D eigenvalue weighted by Crippen LogP contribution is 2.32. The molecule has 0 bridgehead atoms. The van der Waals surface area contributed by atoms with Gasteiger partial charge in [0, 0.05) is 0 Å². The molecule has 0 atom stereocenters. The van der Waals surface area contributed by atoms with Crippen LogP contribution in [0.5, 0.6) is 11.6 Å². The Labute approximate surface area is 111 Å². The minimum Gasteiger partial charge on any atom is -0.436 e. The first kappa shape index (κ1) is 12.4. The Morgan fingerprint density at radius 2 is 1.88 bits per heavy atom. The number of hydrogen-bond acceptors (Lipinski definition) is 3. The zero-order chi connectivity index (χ0) is 12.4. The van der Waals surface area contributed by atoms with Gasteiger partial charge >= 0.3 is 0 Å². The van der Waals surface area contributed by atoms with E-state index in [-0.39, 0.29) is 27.0 Å². The Morgan fingerprint density at radius 3 is 2.59 bits per heavy atom. The molecule has 0 spiro atoms. The number of halogens is 4. The number of rotatable bonds is 2. The molecule has 0 aliphatic heterocycles. The fraction of sp³-hybridized carbons (Fsp3) is 0. The van der Waals surface area contributed by atoms with Gasteiger partial charge in [-0.2, -0.15) is 4.98 Å². The van der Waals surface area contributed by atoms with Crippen molar-refractivity contribution in [2.75, 3.05) is 0 Å². The molecule has 0 unspecified atom stereocenters. The van der Waals surface area contributed by atoms with Crippen molar-refractivity contribution >= 4 is 34.8 Å². The van der Waals surface area contributed by atoms with E-state index in [0.29, 0.717) is 0 Å². The SMILES string of the molecule is Fc1ccc(Oc2nc(Cl)ncc2Cl)c(Cl)c1. The van der Waals surface area contributed by atoms with Crippen LogP contribution in [-0.2, 0) is 0 Å². The molecule has 88 valence electrons. The van der Waals surface area contributed by atoms with Gasteiger partial charge in [-0.1, -0.05) is 23.2 Å². The molecule has 1 heterocycles. The second-order valence-corrected chi connectivity index (χ2v) is 4.12. The van der Waals surface area contributed by atoms with E-state index in [2.05, 4.69) is 9.97 Å². The van der Waals surface area contributed by atoms with Gasteiger partial charge in [0.15, 0.2) is 0 Å². The van der Waals surface area contributed by atoms with Crippen LogP contribution in [0.4, 0.5) is 4.39 Å². The maximum atomic E-state index is 12.8. The molecular weight excluding hydrogens is 289 g/mol. The maximum absolute atomic E-state index is 12.8. The second kappa shape index (κ2) is 5.04. The van der Waals surface area contributed by atoms with E-state index in [9.17, 15) is 4.39 Å². The number of benzene rings is 1. The zero-order valence-corrected chi connectivity index (χ0v) is 10.4. The molecule has 7 heteroatoms. The topological polar surface area (TPSA) is 35.0 Å². The summed E-state index contributed by atoms with van der Waals surface area (Å²) >= 11 is 17.2. The fourth-order valence-corrected chi connectivity index (χ4v) is 1.53. The van der Waals surface area contributed by atoms with Gasteiger partial charge in [0.25, 0.3) is 0 Å². The summed E-state index contributed by atoms with van der Waals surface area (Å²) in [4.78, 5) is 7.45.